The summed E-state index contributed by atoms with van der Waals surface area (Å²) in [6.45, 7) is 0. The van der Waals surface area contributed by atoms with E-state index in [-0.39, 0.29) is 90.2 Å². The van der Waals surface area contributed by atoms with E-state index in [0.717, 1.165) is 0 Å². The van der Waals surface area contributed by atoms with Crippen molar-refractivity contribution < 1.29 is 90.2 Å². The Kier molecular flexibility index (Phi) is 1850. The SMILES string of the molecule is [Fe+3].[Na+].[O-2].[O-2].[O-2].[O-2].[Ti+4]. The van der Waals surface area contributed by atoms with Crippen LogP contribution in [0, 0.1) is 0 Å². The van der Waals surface area contributed by atoms with Crippen molar-refractivity contribution >= 4 is 0 Å². The van der Waals surface area contributed by atoms with Crippen LogP contribution in [0.4, 0.5) is 0 Å². The van der Waals surface area contributed by atoms with Crippen molar-refractivity contribution in [2.75, 3.05) is 0 Å². The molecule has 0 unspecified atom stereocenters. The molecule has 0 saturated carbocycles. The van der Waals surface area contributed by atoms with Gasteiger partial charge in [-0.3, -0.25) is 0 Å². The number of rotatable bonds is 0. The Bertz CT molecular complexity index is 11.7. The molecule has 0 aromatic rings. The zero-order chi connectivity index (χ0) is 0. The largest absolute Gasteiger partial charge is 4.00 e. The molecule has 37 valence electrons. The van der Waals surface area contributed by atoms with Gasteiger partial charge in [0.2, 0.25) is 0 Å². The molecule has 0 saturated heterocycles. The molecule has 7 heteroatoms. The second kappa shape index (κ2) is 93.9. The van der Waals surface area contributed by atoms with Gasteiger partial charge >= 0.3 is 68.3 Å². The molecule has 4 nitrogen and oxygen atoms in total. The van der Waals surface area contributed by atoms with Crippen molar-refractivity contribution in [1.29, 1.82) is 0 Å². The van der Waals surface area contributed by atoms with Gasteiger partial charge in [-0.05, 0) is 0 Å². The molecule has 0 atom stereocenters. The summed E-state index contributed by atoms with van der Waals surface area (Å²) in [5.41, 5.74) is 0. The smallest absolute Gasteiger partial charge is 2.00 e. The van der Waals surface area contributed by atoms with Gasteiger partial charge in [-0.15, -0.1) is 0 Å². The Morgan fingerprint density at radius 3 is 0.571 bits per heavy atom. The summed E-state index contributed by atoms with van der Waals surface area (Å²) in [6.07, 6.45) is 0. The molecule has 7 heavy (non-hydrogen) atoms. The van der Waals surface area contributed by atoms with E-state index in [0.29, 0.717) is 0 Å². The fraction of sp³-hybridized carbons (Fsp3) is 0. The normalized spacial score (nSPS) is 0. The minimum atomic E-state index is 0. The van der Waals surface area contributed by atoms with Crippen LogP contribution in [0.15, 0.2) is 0 Å². The van der Waals surface area contributed by atoms with Crippen molar-refractivity contribution in [3.05, 3.63) is 0 Å². The first-order chi connectivity index (χ1) is 0. The first-order valence-corrected chi connectivity index (χ1v) is 0. The summed E-state index contributed by atoms with van der Waals surface area (Å²) >= 11 is 0. The van der Waals surface area contributed by atoms with Crippen molar-refractivity contribution in [3.63, 3.8) is 0 Å². The molecule has 0 aromatic heterocycles. The van der Waals surface area contributed by atoms with Crippen LogP contribution in [0.5, 0.6) is 0 Å². The maximum absolute atomic E-state index is 0. The van der Waals surface area contributed by atoms with Gasteiger partial charge in [0.05, 0.1) is 0 Å². The topological polar surface area (TPSA) is 114 Å². The Hall–Kier alpha value is 2.07. The predicted molar refractivity (Wildman–Crippen MR) is 2.75 cm³/mol. The van der Waals surface area contributed by atoms with Gasteiger partial charge in [-0.1, -0.05) is 0 Å². The molecule has 0 fully saturated rings. The minimum absolute atomic E-state index is 0. The van der Waals surface area contributed by atoms with E-state index >= 15 is 0 Å². The molecule has 0 bridgehead atoms. The molecule has 0 aliphatic heterocycles. The molecule has 0 aliphatic carbocycles. The van der Waals surface area contributed by atoms with Gasteiger partial charge in [0.15, 0.2) is 0 Å². The first-order valence-electron chi connectivity index (χ1n) is 0. The molecule has 0 aromatic carbocycles. The number of hydrogen-bond donors (Lipinski definition) is 0. The zero-order valence-corrected chi connectivity index (χ0v) is 8.15. The summed E-state index contributed by atoms with van der Waals surface area (Å²) in [4.78, 5) is 0. The summed E-state index contributed by atoms with van der Waals surface area (Å²) in [6, 6.07) is 0. The van der Waals surface area contributed by atoms with E-state index in [4.69, 9.17) is 0 Å². The van der Waals surface area contributed by atoms with Gasteiger partial charge in [0.25, 0.3) is 0 Å². The van der Waals surface area contributed by atoms with Crippen LogP contribution < -0.4 is 29.6 Å². The molecule has 0 aliphatic rings. The van der Waals surface area contributed by atoms with Gasteiger partial charge < -0.3 is 21.9 Å². The average molecular weight is 191 g/mol. The third kappa shape index (κ3) is 69.3. The maximum Gasteiger partial charge on any atom is 4.00 e. The van der Waals surface area contributed by atoms with Crippen LogP contribution in [0.1, 0.15) is 0 Å². The van der Waals surface area contributed by atoms with Crippen LogP contribution in [0.25, 0.3) is 0 Å². The van der Waals surface area contributed by atoms with Gasteiger partial charge in [-0.2, -0.15) is 0 Å². The molecular formula is FeNaO4Ti. The van der Waals surface area contributed by atoms with Crippen LogP contribution >= 0.6 is 0 Å². The number of hydrogen-bond acceptors (Lipinski definition) is 0. The quantitative estimate of drug-likeness (QED) is 0.353. The Labute approximate surface area is 89.3 Å². The van der Waals surface area contributed by atoms with E-state index in [9.17, 15) is 0 Å². The molecule has 0 rings (SSSR count). The Morgan fingerprint density at radius 2 is 0.571 bits per heavy atom. The van der Waals surface area contributed by atoms with E-state index in [1.807, 2.05) is 0 Å². The second-order valence-corrected chi connectivity index (χ2v) is 0. The maximum atomic E-state index is 0. The van der Waals surface area contributed by atoms with Crippen molar-refractivity contribution in [3.8, 4) is 0 Å². The third-order valence-corrected chi connectivity index (χ3v) is 0. The molecule has 0 spiro atoms. The first kappa shape index (κ1) is 138. The van der Waals surface area contributed by atoms with Crippen molar-refractivity contribution in [1.82, 2.24) is 0 Å². The third-order valence-electron chi connectivity index (χ3n) is 0. The average Bonchev–Trinajstić information content (AvgIpc) is 0. The molecular weight excluding hydrogens is 191 g/mol. The fourth-order valence-electron chi connectivity index (χ4n) is 0. The Balaban J connectivity index is 0. The standard InChI is InChI=1S/Fe.Na.4O.Ti/q+3;+1;4*-2;+4. The monoisotopic (exact) mass is 191 g/mol. The molecule has 0 amide bonds. The van der Waals surface area contributed by atoms with Gasteiger partial charge in [0, 0.05) is 0 Å². The van der Waals surface area contributed by atoms with Crippen LogP contribution in [0.3, 0.4) is 0 Å². The molecule has 1 radical (unpaired) electrons. The van der Waals surface area contributed by atoms with Gasteiger partial charge in [0.1, 0.15) is 0 Å². The minimum Gasteiger partial charge on any atom is -2.00 e. The van der Waals surface area contributed by atoms with E-state index in [1.165, 1.54) is 0 Å². The summed E-state index contributed by atoms with van der Waals surface area (Å²) in [5.74, 6) is 0. The summed E-state index contributed by atoms with van der Waals surface area (Å²) in [7, 11) is 0. The predicted octanol–water partition coefficient (Wildman–Crippen LogP) is -3.48. The van der Waals surface area contributed by atoms with E-state index in [1.54, 1.807) is 0 Å². The summed E-state index contributed by atoms with van der Waals surface area (Å²) in [5, 5.41) is 0. The van der Waals surface area contributed by atoms with Crippen molar-refractivity contribution in [2.45, 2.75) is 0 Å². The summed E-state index contributed by atoms with van der Waals surface area (Å²) < 4.78 is 0. The van der Waals surface area contributed by atoms with E-state index < -0.39 is 0 Å². The van der Waals surface area contributed by atoms with Crippen LogP contribution in [0.2, 0.25) is 0 Å². The van der Waals surface area contributed by atoms with Crippen molar-refractivity contribution in [2.24, 2.45) is 0 Å². The zero-order valence-electron chi connectivity index (χ0n) is 3.49. The second-order valence-electron chi connectivity index (χ2n) is 0. The molecule has 0 heterocycles. The van der Waals surface area contributed by atoms with Gasteiger partial charge in [-0.25, -0.2) is 0 Å². The van der Waals surface area contributed by atoms with E-state index in [2.05, 4.69) is 0 Å². The molecule has 0 N–H and O–H groups in total. The van der Waals surface area contributed by atoms with Crippen LogP contribution in [-0.2, 0) is 60.7 Å². The fourth-order valence-corrected chi connectivity index (χ4v) is 0. The Morgan fingerprint density at radius 1 is 0.571 bits per heavy atom. The van der Waals surface area contributed by atoms with Crippen LogP contribution in [-0.4, -0.2) is 0 Å².